The lowest BCUT2D eigenvalue weighted by molar-refractivity contribution is -0.116. The van der Waals surface area contributed by atoms with Crippen molar-refractivity contribution in [2.45, 2.75) is 12.8 Å². The van der Waals surface area contributed by atoms with Gasteiger partial charge in [0.1, 0.15) is 0 Å². The summed E-state index contributed by atoms with van der Waals surface area (Å²) in [6.45, 7) is 0. The van der Waals surface area contributed by atoms with Crippen LogP contribution in [0.4, 0.5) is 13.9 Å². The Hall–Kier alpha value is -2.91. The van der Waals surface area contributed by atoms with Crippen LogP contribution < -0.4 is 5.32 Å². The van der Waals surface area contributed by atoms with Crippen LogP contribution in [0.1, 0.15) is 12.3 Å². The summed E-state index contributed by atoms with van der Waals surface area (Å²) in [5.74, 6) is -1.55. The van der Waals surface area contributed by atoms with E-state index in [-0.39, 0.29) is 29.4 Å². The zero-order valence-electron chi connectivity index (χ0n) is 14.1. The van der Waals surface area contributed by atoms with E-state index in [1.807, 2.05) is 0 Å². The Bertz CT molecular complexity index is 1120. The molecule has 142 valence electrons. The van der Waals surface area contributed by atoms with Crippen LogP contribution in [0, 0.1) is 11.6 Å². The fourth-order valence-electron chi connectivity index (χ4n) is 2.45. The van der Waals surface area contributed by atoms with Gasteiger partial charge in [0.15, 0.2) is 16.8 Å². The molecule has 2 aromatic heterocycles. The van der Waals surface area contributed by atoms with Gasteiger partial charge >= 0.3 is 0 Å². The molecule has 10 heteroatoms. The summed E-state index contributed by atoms with van der Waals surface area (Å²) in [6, 6.07) is 9.01. The number of nitrogens with one attached hydrogen (secondary N) is 1. The number of hydrogen-bond donors (Lipinski definition) is 1. The molecule has 0 fully saturated rings. The highest BCUT2D eigenvalue weighted by Gasteiger charge is 2.14. The second kappa shape index (κ2) is 7.61. The number of thiazole rings is 1. The molecule has 0 unspecified atom stereocenters. The number of benzene rings is 2. The Morgan fingerprint density at radius 3 is 2.68 bits per heavy atom. The molecule has 2 aromatic carbocycles. The third-order valence-corrected chi connectivity index (χ3v) is 5.00. The normalized spacial score (nSPS) is 11.1. The van der Waals surface area contributed by atoms with Crippen LogP contribution in [0.2, 0.25) is 5.02 Å². The predicted octanol–water partition coefficient (Wildman–Crippen LogP) is 4.85. The summed E-state index contributed by atoms with van der Waals surface area (Å²) in [6.07, 6.45) is 0.321. The van der Waals surface area contributed by atoms with Crippen molar-refractivity contribution >= 4 is 44.2 Å². The molecule has 1 N–H and O–H groups in total. The fourth-order valence-corrected chi connectivity index (χ4v) is 3.47. The van der Waals surface area contributed by atoms with Crippen LogP contribution in [-0.2, 0) is 11.2 Å². The van der Waals surface area contributed by atoms with E-state index in [0.717, 1.165) is 29.0 Å². The molecule has 0 aliphatic heterocycles. The van der Waals surface area contributed by atoms with Gasteiger partial charge in [0, 0.05) is 29.5 Å². The lowest BCUT2D eigenvalue weighted by atomic mass is 10.2. The van der Waals surface area contributed by atoms with Gasteiger partial charge in [-0.1, -0.05) is 28.1 Å². The molecule has 1 amide bonds. The number of amides is 1. The highest BCUT2D eigenvalue weighted by atomic mass is 35.5. The summed E-state index contributed by atoms with van der Waals surface area (Å²) < 4.78 is 32.1. The highest BCUT2D eigenvalue weighted by molar-refractivity contribution is 7.22. The summed E-state index contributed by atoms with van der Waals surface area (Å²) >= 11 is 6.91. The van der Waals surface area contributed by atoms with Crippen molar-refractivity contribution in [3.05, 3.63) is 58.9 Å². The van der Waals surface area contributed by atoms with Gasteiger partial charge in [-0.25, -0.2) is 13.8 Å². The number of anilines is 1. The van der Waals surface area contributed by atoms with E-state index in [9.17, 15) is 13.6 Å². The minimum atomic E-state index is -0.983. The Kier molecular flexibility index (Phi) is 5.01. The third-order valence-electron chi connectivity index (χ3n) is 3.81. The molecule has 0 atom stereocenters. The molecule has 0 aliphatic carbocycles. The Morgan fingerprint density at radius 2 is 1.89 bits per heavy atom. The SMILES string of the molecule is O=C(CCc1nc(-c2ccc(Cl)cc2)no1)Nc1nc2cc(F)c(F)cc2s1. The lowest BCUT2D eigenvalue weighted by Gasteiger charge is -1.98. The van der Waals surface area contributed by atoms with Crippen molar-refractivity contribution in [3.8, 4) is 11.4 Å². The number of hydrogen-bond acceptors (Lipinski definition) is 6. The number of rotatable bonds is 5. The van der Waals surface area contributed by atoms with Crippen molar-refractivity contribution in [2.75, 3.05) is 5.32 Å². The van der Waals surface area contributed by atoms with E-state index in [2.05, 4.69) is 20.4 Å². The largest absolute Gasteiger partial charge is 0.339 e. The van der Waals surface area contributed by atoms with Gasteiger partial charge in [-0.3, -0.25) is 4.79 Å². The molecule has 0 saturated heterocycles. The topological polar surface area (TPSA) is 80.9 Å². The first kappa shape index (κ1) is 18.5. The van der Waals surface area contributed by atoms with Gasteiger partial charge in [0.25, 0.3) is 0 Å². The Labute approximate surface area is 166 Å². The van der Waals surface area contributed by atoms with Crippen LogP contribution in [0.15, 0.2) is 40.9 Å². The van der Waals surface area contributed by atoms with Crippen molar-refractivity contribution in [1.29, 1.82) is 0 Å². The minimum absolute atomic E-state index is 0.0842. The minimum Gasteiger partial charge on any atom is -0.339 e. The Balaban J connectivity index is 1.38. The summed E-state index contributed by atoms with van der Waals surface area (Å²) in [5.41, 5.74) is 1.03. The standard InChI is InChI=1S/C18H11ClF2N4O2S/c19-10-3-1-9(2-4-10)17-24-16(27-25-17)6-5-15(26)23-18-22-13-7-11(20)12(21)8-14(13)28-18/h1-4,7-8H,5-6H2,(H,22,23,26). The summed E-state index contributed by atoms with van der Waals surface area (Å²) in [4.78, 5) is 20.4. The molecule has 0 radical (unpaired) electrons. The van der Waals surface area contributed by atoms with Gasteiger partial charge in [-0.15, -0.1) is 0 Å². The average Bonchev–Trinajstić information content (AvgIpc) is 3.28. The van der Waals surface area contributed by atoms with Crippen LogP contribution in [-0.4, -0.2) is 21.0 Å². The summed E-state index contributed by atoms with van der Waals surface area (Å²) in [7, 11) is 0. The van der Waals surface area contributed by atoms with Crippen molar-refractivity contribution in [3.63, 3.8) is 0 Å². The first-order valence-electron chi connectivity index (χ1n) is 8.12. The van der Waals surface area contributed by atoms with Crippen LogP contribution in [0.3, 0.4) is 0 Å². The average molecular weight is 421 g/mol. The number of carbonyl (C=O) groups is 1. The number of nitrogens with zero attached hydrogens (tertiary/aromatic N) is 3. The maximum Gasteiger partial charge on any atom is 0.227 e. The van der Waals surface area contributed by atoms with Crippen molar-refractivity contribution in [2.24, 2.45) is 0 Å². The fraction of sp³-hybridized carbons (Fsp3) is 0.111. The molecule has 0 bridgehead atoms. The highest BCUT2D eigenvalue weighted by Crippen LogP contribution is 2.28. The van der Waals surface area contributed by atoms with Gasteiger partial charge in [0.2, 0.25) is 17.6 Å². The maximum absolute atomic E-state index is 13.3. The Morgan fingerprint density at radius 1 is 1.14 bits per heavy atom. The van der Waals surface area contributed by atoms with Crippen LogP contribution in [0.25, 0.3) is 21.6 Å². The molecular weight excluding hydrogens is 410 g/mol. The first-order valence-corrected chi connectivity index (χ1v) is 9.31. The monoisotopic (exact) mass is 420 g/mol. The quantitative estimate of drug-likeness (QED) is 0.499. The number of aryl methyl sites for hydroxylation is 1. The van der Waals surface area contributed by atoms with E-state index in [0.29, 0.717) is 21.4 Å². The molecule has 0 spiro atoms. The first-order chi connectivity index (χ1) is 13.5. The van der Waals surface area contributed by atoms with Gasteiger partial charge in [0.05, 0.1) is 10.2 Å². The van der Waals surface area contributed by atoms with E-state index >= 15 is 0 Å². The van der Waals surface area contributed by atoms with Gasteiger partial charge < -0.3 is 9.84 Å². The van der Waals surface area contributed by atoms with E-state index in [4.69, 9.17) is 16.1 Å². The molecule has 0 saturated carbocycles. The number of carbonyl (C=O) groups excluding carboxylic acids is 1. The van der Waals surface area contributed by atoms with E-state index in [1.54, 1.807) is 24.3 Å². The van der Waals surface area contributed by atoms with Gasteiger partial charge in [-0.2, -0.15) is 4.98 Å². The van der Waals surface area contributed by atoms with Crippen LogP contribution in [0.5, 0.6) is 0 Å². The second-order valence-electron chi connectivity index (χ2n) is 5.82. The zero-order chi connectivity index (χ0) is 19.7. The number of aromatic nitrogens is 3. The predicted molar refractivity (Wildman–Crippen MR) is 101 cm³/mol. The van der Waals surface area contributed by atoms with E-state index < -0.39 is 11.6 Å². The summed E-state index contributed by atoms with van der Waals surface area (Å²) in [5, 5.41) is 7.35. The zero-order valence-corrected chi connectivity index (χ0v) is 15.7. The second-order valence-corrected chi connectivity index (χ2v) is 7.29. The molecular formula is C18H11ClF2N4O2S. The third kappa shape index (κ3) is 4.00. The molecule has 4 rings (SSSR count). The molecule has 4 aromatic rings. The number of halogens is 3. The lowest BCUT2D eigenvalue weighted by Crippen LogP contribution is -2.12. The molecule has 2 heterocycles. The van der Waals surface area contributed by atoms with Gasteiger partial charge in [-0.05, 0) is 30.3 Å². The molecule has 28 heavy (non-hydrogen) atoms. The van der Waals surface area contributed by atoms with Crippen molar-refractivity contribution in [1.82, 2.24) is 15.1 Å². The smallest absolute Gasteiger partial charge is 0.227 e. The molecule has 0 aliphatic rings. The maximum atomic E-state index is 13.3. The number of fused-ring (bicyclic) bond motifs is 1. The molecule has 6 nitrogen and oxygen atoms in total. The van der Waals surface area contributed by atoms with Crippen molar-refractivity contribution < 1.29 is 18.1 Å². The van der Waals surface area contributed by atoms with Crippen LogP contribution >= 0.6 is 22.9 Å². The van der Waals surface area contributed by atoms with E-state index in [1.165, 1.54) is 0 Å².